The van der Waals surface area contributed by atoms with E-state index in [0.29, 0.717) is 0 Å². The van der Waals surface area contributed by atoms with Gasteiger partial charge in [-0.15, -0.1) is 0 Å². The molecule has 27 heavy (non-hydrogen) atoms. The highest BCUT2D eigenvalue weighted by molar-refractivity contribution is 7.80. The maximum absolute atomic E-state index is 12.8. The molecule has 0 fully saturated rings. The fraction of sp³-hybridized carbons (Fsp3) is 0.467. The summed E-state index contributed by atoms with van der Waals surface area (Å²) in [6.45, 7) is 4.95. The molecule has 0 aliphatic rings. The molecule has 0 unspecified atom stereocenters. The van der Waals surface area contributed by atoms with Crippen LogP contribution in [0, 0.1) is 5.41 Å². The van der Waals surface area contributed by atoms with Crippen molar-refractivity contribution in [2.45, 2.75) is 36.9 Å². The van der Waals surface area contributed by atoms with Gasteiger partial charge < -0.3 is 16.0 Å². The normalized spacial score (nSPS) is 13.7. The molecule has 0 saturated carbocycles. The number of benzene rings is 1. The highest BCUT2D eigenvalue weighted by atomic mass is 35.6. The number of alkyl halides is 6. The Labute approximate surface area is 180 Å². The van der Waals surface area contributed by atoms with Crippen LogP contribution in [0.4, 0.5) is 18.9 Å². The molecule has 152 valence electrons. The Morgan fingerprint density at radius 3 is 2.11 bits per heavy atom. The number of carbonyl (C=O) groups excluding carboxylic acids is 1. The number of anilines is 1. The summed E-state index contributed by atoms with van der Waals surface area (Å²) in [7, 11) is 0. The van der Waals surface area contributed by atoms with E-state index in [1.807, 2.05) is 0 Å². The molecular weight excluding hydrogens is 469 g/mol. The number of amides is 1. The summed E-state index contributed by atoms with van der Waals surface area (Å²) in [5.41, 5.74) is -1.81. The number of hydrogen-bond acceptors (Lipinski definition) is 2. The van der Waals surface area contributed by atoms with Crippen molar-refractivity contribution in [3.63, 3.8) is 0 Å². The molecule has 1 rings (SSSR count). The Morgan fingerprint density at radius 2 is 1.67 bits per heavy atom. The number of halogens is 7. The van der Waals surface area contributed by atoms with Gasteiger partial charge in [-0.3, -0.25) is 4.79 Å². The van der Waals surface area contributed by atoms with Crippen LogP contribution in [0.1, 0.15) is 26.3 Å². The highest BCUT2D eigenvalue weighted by Crippen LogP contribution is 2.34. The monoisotopic (exact) mass is 483 g/mol. The molecule has 12 heteroatoms. The van der Waals surface area contributed by atoms with Crippen molar-refractivity contribution < 1.29 is 18.0 Å². The van der Waals surface area contributed by atoms with E-state index in [4.69, 9.17) is 58.6 Å². The molecule has 0 aromatic heterocycles. The molecule has 0 saturated heterocycles. The predicted molar refractivity (Wildman–Crippen MR) is 107 cm³/mol. The minimum atomic E-state index is -4.56. The average molecular weight is 485 g/mol. The van der Waals surface area contributed by atoms with Crippen molar-refractivity contribution in [2.24, 2.45) is 5.41 Å². The maximum Gasteiger partial charge on any atom is 0.416 e. The van der Waals surface area contributed by atoms with Gasteiger partial charge in [-0.25, -0.2) is 0 Å². The third kappa shape index (κ3) is 7.69. The first-order valence-corrected chi connectivity index (χ1v) is 9.26. The first-order valence-electron chi connectivity index (χ1n) is 7.34. The molecule has 3 N–H and O–H groups in total. The van der Waals surface area contributed by atoms with E-state index in [2.05, 4.69) is 16.0 Å². The molecule has 0 spiro atoms. The predicted octanol–water partition coefficient (Wildman–Crippen LogP) is 5.50. The van der Waals surface area contributed by atoms with E-state index >= 15 is 0 Å². The van der Waals surface area contributed by atoms with Crippen LogP contribution >= 0.6 is 58.6 Å². The van der Waals surface area contributed by atoms with E-state index in [1.165, 1.54) is 0 Å². The van der Waals surface area contributed by atoms with Gasteiger partial charge in [-0.05, 0) is 30.4 Å². The highest BCUT2D eigenvalue weighted by Gasteiger charge is 2.37. The molecule has 0 radical (unpaired) electrons. The molecule has 0 heterocycles. The van der Waals surface area contributed by atoms with Crippen LogP contribution < -0.4 is 16.0 Å². The molecule has 4 nitrogen and oxygen atoms in total. The number of carbonyl (C=O) groups is 1. The van der Waals surface area contributed by atoms with Crippen LogP contribution in [0.2, 0.25) is 5.02 Å². The summed E-state index contributed by atoms with van der Waals surface area (Å²) in [4.78, 5) is 12.1. The number of rotatable bonds is 3. The van der Waals surface area contributed by atoms with Crippen molar-refractivity contribution in [2.75, 3.05) is 5.32 Å². The first-order chi connectivity index (χ1) is 12.0. The van der Waals surface area contributed by atoms with Crippen LogP contribution in [-0.2, 0) is 11.0 Å². The van der Waals surface area contributed by atoms with Gasteiger partial charge in [-0.1, -0.05) is 67.2 Å². The lowest BCUT2D eigenvalue weighted by atomic mass is 9.95. The second-order valence-electron chi connectivity index (χ2n) is 6.49. The summed E-state index contributed by atoms with van der Waals surface area (Å²) < 4.78 is 36.5. The zero-order valence-electron chi connectivity index (χ0n) is 14.3. The van der Waals surface area contributed by atoms with E-state index in [-0.39, 0.29) is 15.8 Å². The SMILES string of the molecule is CC(C)(C)C(=O)N[C@@H](NC(=S)Nc1cc(C(F)(F)F)ccc1Cl)C(Cl)(Cl)Cl. The molecule has 0 aliphatic carbocycles. The number of hydrogen-bond donors (Lipinski definition) is 3. The summed E-state index contributed by atoms with van der Waals surface area (Å²) in [6, 6.07) is 2.69. The molecule has 0 aliphatic heterocycles. The third-order valence-electron chi connectivity index (χ3n) is 3.10. The van der Waals surface area contributed by atoms with Crippen LogP contribution in [0.25, 0.3) is 0 Å². The van der Waals surface area contributed by atoms with Crippen LogP contribution in [0.15, 0.2) is 18.2 Å². The fourth-order valence-electron chi connectivity index (χ4n) is 1.63. The zero-order chi connectivity index (χ0) is 21.2. The Morgan fingerprint density at radius 1 is 1.11 bits per heavy atom. The molecule has 1 atom stereocenters. The largest absolute Gasteiger partial charge is 0.416 e. The molecule has 0 bridgehead atoms. The van der Waals surface area contributed by atoms with Crippen molar-refractivity contribution in [1.82, 2.24) is 10.6 Å². The van der Waals surface area contributed by atoms with Gasteiger partial charge in [0.1, 0.15) is 6.17 Å². The lowest BCUT2D eigenvalue weighted by Crippen LogP contribution is -2.58. The van der Waals surface area contributed by atoms with E-state index < -0.39 is 33.0 Å². The lowest BCUT2D eigenvalue weighted by molar-refractivity contribution is -0.137. The minimum absolute atomic E-state index is 0.00342. The molecule has 1 aromatic rings. The van der Waals surface area contributed by atoms with Crippen LogP contribution in [0.5, 0.6) is 0 Å². The van der Waals surface area contributed by atoms with Crippen molar-refractivity contribution >= 4 is 75.3 Å². The van der Waals surface area contributed by atoms with Gasteiger partial charge in [0.15, 0.2) is 5.11 Å². The van der Waals surface area contributed by atoms with E-state index in [1.54, 1.807) is 20.8 Å². The lowest BCUT2D eigenvalue weighted by Gasteiger charge is -2.30. The van der Waals surface area contributed by atoms with Gasteiger partial charge in [0, 0.05) is 5.41 Å². The van der Waals surface area contributed by atoms with Crippen molar-refractivity contribution in [3.05, 3.63) is 28.8 Å². The summed E-state index contributed by atoms with van der Waals surface area (Å²) in [6.07, 6.45) is -5.81. The molecular formula is C15H16Cl4F3N3OS. The number of nitrogens with one attached hydrogen (secondary N) is 3. The quantitative estimate of drug-likeness (QED) is 0.301. The summed E-state index contributed by atoms with van der Waals surface area (Å²) in [5, 5.41) is 7.31. The topological polar surface area (TPSA) is 53.2 Å². The van der Waals surface area contributed by atoms with Gasteiger partial charge in [0.05, 0.1) is 16.3 Å². The standard InChI is InChI=1S/C15H16Cl4F3N3OS/c1-13(2,3)11(26)24-10(14(17,18)19)25-12(27)23-9-6-7(15(20,21)22)4-5-8(9)16/h4-6,10H,1-3H3,(H,24,26)(H2,23,25,27)/t10-/m0/s1. The summed E-state index contributed by atoms with van der Waals surface area (Å²) in [5.74, 6) is -0.439. The van der Waals surface area contributed by atoms with Gasteiger partial charge >= 0.3 is 6.18 Å². The van der Waals surface area contributed by atoms with E-state index in [0.717, 1.165) is 18.2 Å². The number of thiocarbonyl (C=S) groups is 1. The van der Waals surface area contributed by atoms with Crippen LogP contribution in [0.3, 0.4) is 0 Å². The van der Waals surface area contributed by atoms with Gasteiger partial charge in [-0.2, -0.15) is 13.2 Å². The maximum atomic E-state index is 12.8. The second-order valence-corrected chi connectivity index (χ2v) is 9.67. The Bertz CT molecular complexity index is 718. The molecule has 1 amide bonds. The van der Waals surface area contributed by atoms with E-state index in [9.17, 15) is 18.0 Å². The first kappa shape index (κ1) is 24.4. The zero-order valence-corrected chi connectivity index (χ0v) is 18.1. The fourth-order valence-corrected chi connectivity index (χ4v) is 2.35. The Hall–Kier alpha value is -0.670. The van der Waals surface area contributed by atoms with Gasteiger partial charge in [0.25, 0.3) is 0 Å². The molecule has 1 aromatic carbocycles. The van der Waals surface area contributed by atoms with Crippen molar-refractivity contribution in [1.29, 1.82) is 0 Å². The Balaban J connectivity index is 2.97. The van der Waals surface area contributed by atoms with Gasteiger partial charge in [0.2, 0.25) is 9.70 Å². The van der Waals surface area contributed by atoms with Crippen molar-refractivity contribution in [3.8, 4) is 0 Å². The Kier molecular flexibility index (Phi) is 7.92. The summed E-state index contributed by atoms with van der Waals surface area (Å²) >= 11 is 28.5. The average Bonchev–Trinajstić information content (AvgIpc) is 2.45. The second kappa shape index (κ2) is 8.78. The van der Waals surface area contributed by atoms with Crippen LogP contribution in [-0.4, -0.2) is 21.0 Å². The third-order valence-corrected chi connectivity index (χ3v) is 4.31. The smallest absolute Gasteiger partial charge is 0.339 e. The minimum Gasteiger partial charge on any atom is -0.339 e.